The van der Waals surface area contributed by atoms with Crippen molar-refractivity contribution in [2.45, 2.75) is 54.0 Å². The summed E-state index contributed by atoms with van der Waals surface area (Å²) in [5.41, 5.74) is 1.65. The van der Waals surface area contributed by atoms with E-state index in [0.29, 0.717) is 32.3 Å². The zero-order valence-corrected chi connectivity index (χ0v) is 18.1. The summed E-state index contributed by atoms with van der Waals surface area (Å²) in [4.78, 5) is 12.6. The van der Waals surface area contributed by atoms with Crippen LogP contribution in [0.5, 0.6) is 0 Å². The molecule has 1 aromatic rings. The zero-order valence-electron chi connectivity index (χ0n) is 17.1. The number of hydrogen-bond donors (Lipinski definition) is 0. The van der Waals surface area contributed by atoms with Gasteiger partial charge in [0, 0.05) is 31.3 Å². The predicted octanol–water partition coefficient (Wildman–Crippen LogP) is 5.12. The quantitative estimate of drug-likeness (QED) is 0.396. The molecule has 0 atom stereocenters. The van der Waals surface area contributed by atoms with Crippen molar-refractivity contribution in [1.29, 1.82) is 0 Å². The molecule has 0 aromatic heterocycles. The van der Waals surface area contributed by atoms with Gasteiger partial charge in [-0.15, -0.1) is 0 Å². The summed E-state index contributed by atoms with van der Waals surface area (Å²) in [6, 6.07) is 10.7. The molecule has 0 saturated heterocycles. The molecule has 146 valence electrons. The van der Waals surface area contributed by atoms with Gasteiger partial charge in [0.2, 0.25) is 0 Å². The SMILES string of the molecule is CCO[Si](CC/C(=C\C(=O)C(C)(C)C)c1ccccc1)(OCC)OCC. The van der Waals surface area contributed by atoms with Crippen LogP contribution in [0.25, 0.3) is 5.57 Å². The van der Waals surface area contributed by atoms with Crippen molar-refractivity contribution in [1.82, 2.24) is 0 Å². The van der Waals surface area contributed by atoms with Crippen LogP contribution < -0.4 is 0 Å². The van der Waals surface area contributed by atoms with Crippen LogP contribution in [0.1, 0.15) is 53.5 Å². The van der Waals surface area contributed by atoms with E-state index >= 15 is 0 Å². The van der Waals surface area contributed by atoms with Gasteiger partial charge in [0.05, 0.1) is 0 Å². The lowest BCUT2D eigenvalue weighted by Crippen LogP contribution is -2.46. The highest BCUT2D eigenvalue weighted by atomic mass is 28.4. The Labute approximate surface area is 159 Å². The molecule has 0 N–H and O–H groups in total. The standard InChI is InChI=1S/C21H34O4Si/c1-7-23-26(24-8-2,25-9-3)16-15-19(17-20(22)21(4,5)6)18-13-11-10-12-14-18/h10-14,17H,7-9,15-16H2,1-6H3/b19-17+. The lowest BCUT2D eigenvalue weighted by Gasteiger charge is -2.29. The molecule has 0 saturated carbocycles. The van der Waals surface area contributed by atoms with Gasteiger partial charge in [-0.05, 0) is 44.4 Å². The van der Waals surface area contributed by atoms with E-state index in [1.54, 1.807) is 6.08 Å². The first-order valence-corrected chi connectivity index (χ1v) is 11.4. The lowest BCUT2D eigenvalue weighted by molar-refractivity contribution is -0.121. The van der Waals surface area contributed by atoms with Crippen molar-refractivity contribution >= 4 is 20.2 Å². The van der Waals surface area contributed by atoms with E-state index in [1.165, 1.54) is 0 Å². The van der Waals surface area contributed by atoms with Crippen LogP contribution in [-0.4, -0.2) is 34.4 Å². The van der Waals surface area contributed by atoms with Crippen LogP contribution >= 0.6 is 0 Å². The highest BCUT2D eigenvalue weighted by Gasteiger charge is 2.40. The average molecular weight is 379 g/mol. The van der Waals surface area contributed by atoms with Gasteiger partial charge in [-0.2, -0.15) is 0 Å². The van der Waals surface area contributed by atoms with E-state index in [2.05, 4.69) is 0 Å². The molecule has 0 heterocycles. The Bertz CT molecular complexity index is 558. The molecule has 0 spiro atoms. The maximum absolute atomic E-state index is 12.6. The molecule has 0 aliphatic heterocycles. The Morgan fingerprint density at radius 1 is 0.962 bits per heavy atom. The minimum absolute atomic E-state index is 0.118. The molecule has 0 unspecified atom stereocenters. The first-order valence-electron chi connectivity index (χ1n) is 9.50. The fourth-order valence-corrected chi connectivity index (χ4v) is 5.19. The number of carbonyl (C=O) groups is 1. The first-order chi connectivity index (χ1) is 12.3. The number of ketones is 1. The van der Waals surface area contributed by atoms with Crippen LogP contribution in [0, 0.1) is 5.41 Å². The van der Waals surface area contributed by atoms with Gasteiger partial charge in [-0.1, -0.05) is 51.1 Å². The number of carbonyl (C=O) groups excluding carboxylic acids is 1. The smallest absolute Gasteiger partial charge is 0.374 e. The second-order valence-electron chi connectivity index (χ2n) is 7.13. The summed E-state index contributed by atoms with van der Waals surface area (Å²) in [6.07, 6.45) is 2.45. The average Bonchev–Trinajstić information content (AvgIpc) is 2.59. The summed E-state index contributed by atoms with van der Waals surface area (Å²) in [5.74, 6) is 0.118. The fraction of sp³-hybridized carbons (Fsp3) is 0.571. The van der Waals surface area contributed by atoms with Crippen molar-refractivity contribution in [3.05, 3.63) is 42.0 Å². The molecule has 0 bridgehead atoms. The lowest BCUT2D eigenvalue weighted by atomic mass is 9.88. The van der Waals surface area contributed by atoms with Crippen molar-refractivity contribution in [3.63, 3.8) is 0 Å². The molecule has 0 radical (unpaired) electrons. The first kappa shape index (κ1) is 22.8. The summed E-state index contributed by atoms with van der Waals surface area (Å²) < 4.78 is 17.9. The van der Waals surface area contributed by atoms with E-state index < -0.39 is 14.2 Å². The van der Waals surface area contributed by atoms with Gasteiger partial charge in [-0.3, -0.25) is 4.79 Å². The Morgan fingerprint density at radius 2 is 1.46 bits per heavy atom. The molecule has 0 aliphatic rings. The van der Waals surface area contributed by atoms with E-state index in [9.17, 15) is 4.79 Å². The molecule has 1 aromatic carbocycles. The minimum Gasteiger partial charge on any atom is -0.374 e. The number of rotatable bonds is 11. The molecule has 1 rings (SSSR count). The Hall–Kier alpha value is -1.27. The second-order valence-corrected chi connectivity index (χ2v) is 9.86. The van der Waals surface area contributed by atoms with E-state index in [0.717, 1.165) is 11.1 Å². The Balaban J connectivity index is 3.11. The molecule has 4 nitrogen and oxygen atoms in total. The molecular formula is C21H34O4Si. The number of hydrogen-bond acceptors (Lipinski definition) is 4. The Kier molecular flexibility index (Phi) is 9.43. The van der Waals surface area contributed by atoms with Gasteiger partial charge >= 0.3 is 8.80 Å². The molecule has 0 aliphatic carbocycles. The molecule has 26 heavy (non-hydrogen) atoms. The normalized spacial score (nSPS) is 13.1. The van der Waals surface area contributed by atoms with Gasteiger partial charge in [0.15, 0.2) is 5.78 Å². The van der Waals surface area contributed by atoms with Crippen molar-refractivity contribution in [3.8, 4) is 0 Å². The van der Waals surface area contributed by atoms with E-state index in [-0.39, 0.29) is 5.78 Å². The highest BCUT2D eigenvalue weighted by molar-refractivity contribution is 6.60. The van der Waals surface area contributed by atoms with Crippen LogP contribution in [-0.2, 0) is 18.1 Å². The van der Waals surface area contributed by atoms with Gasteiger partial charge in [0.1, 0.15) is 0 Å². The van der Waals surface area contributed by atoms with Crippen molar-refractivity contribution in [2.75, 3.05) is 19.8 Å². The van der Waals surface area contributed by atoms with Crippen LogP contribution in [0.3, 0.4) is 0 Å². The van der Waals surface area contributed by atoms with Crippen molar-refractivity contribution < 1.29 is 18.1 Å². The fourth-order valence-electron chi connectivity index (χ4n) is 2.62. The third-order valence-electron chi connectivity index (χ3n) is 3.98. The third kappa shape index (κ3) is 7.15. The van der Waals surface area contributed by atoms with Gasteiger partial charge < -0.3 is 13.3 Å². The summed E-state index contributed by atoms with van der Waals surface area (Å²) in [5, 5.41) is 0. The summed E-state index contributed by atoms with van der Waals surface area (Å²) in [7, 11) is -2.74. The molecule has 0 amide bonds. The maximum Gasteiger partial charge on any atom is 0.501 e. The van der Waals surface area contributed by atoms with Gasteiger partial charge in [0.25, 0.3) is 0 Å². The molecule has 0 fully saturated rings. The minimum atomic E-state index is -2.74. The van der Waals surface area contributed by atoms with Gasteiger partial charge in [-0.25, -0.2) is 0 Å². The summed E-state index contributed by atoms with van der Waals surface area (Å²) in [6.45, 7) is 13.3. The maximum atomic E-state index is 12.6. The predicted molar refractivity (Wildman–Crippen MR) is 109 cm³/mol. The van der Waals surface area contributed by atoms with E-state index in [4.69, 9.17) is 13.3 Å². The monoisotopic (exact) mass is 378 g/mol. The van der Waals surface area contributed by atoms with Crippen LogP contribution in [0.2, 0.25) is 6.04 Å². The second kappa shape index (κ2) is 10.8. The zero-order chi connectivity index (χ0) is 19.6. The van der Waals surface area contributed by atoms with E-state index in [1.807, 2.05) is 71.9 Å². The Morgan fingerprint density at radius 3 is 1.88 bits per heavy atom. The highest BCUT2D eigenvalue weighted by Crippen LogP contribution is 2.28. The number of benzene rings is 1. The topological polar surface area (TPSA) is 44.8 Å². The largest absolute Gasteiger partial charge is 0.501 e. The number of allylic oxidation sites excluding steroid dienone is 2. The van der Waals surface area contributed by atoms with Crippen LogP contribution in [0.4, 0.5) is 0 Å². The molecule has 5 heteroatoms. The van der Waals surface area contributed by atoms with Crippen LogP contribution in [0.15, 0.2) is 36.4 Å². The van der Waals surface area contributed by atoms with Crippen molar-refractivity contribution in [2.24, 2.45) is 5.41 Å². The summed E-state index contributed by atoms with van der Waals surface area (Å²) >= 11 is 0. The third-order valence-corrected chi connectivity index (χ3v) is 7.03. The molecular weight excluding hydrogens is 344 g/mol.